The normalized spacial score (nSPS) is 11.6. The highest BCUT2D eigenvalue weighted by molar-refractivity contribution is 5.42. The van der Waals surface area contributed by atoms with Crippen LogP contribution in [0.4, 0.5) is 13.2 Å². The highest BCUT2D eigenvalue weighted by Crippen LogP contribution is 2.29. The van der Waals surface area contributed by atoms with Crippen molar-refractivity contribution in [3.8, 4) is 11.5 Å². The number of hydrogen-bond donors (Lipinski definition) is 1. The van der Waals surface area contributed by atoms with Gasteiger partial charge in [-0.05, 0) is 36.7 Å². The summed E-state index contributed by atoms with van der Waals surface area (Å²) < 4.78 is 49.5. The Morgan fingerprint density at radius 1 is 1.12 bits per heavy atom. The Labute approximate surface area is 138 Å². The minimum atomic E-state index is -4.42. The predicted octanol–water partition coefficient (Wildman–Crippen LogP) is 2.79. The van der Waals surface area contributed by atoms with E-state index in [2.05, 4.69) is 10.4 Å². The Morgan fingerprint density at radius 3 is 2.42 bits per heavy atom. The highest BCUT2D eigenvalue weighted by Gasteiger charge is 2.34. The van der Waals surface area contributed by atoms with Crippen LogP contribution in [0.15, 0.2) is 24.3 Å². The summed E-state index contributed by atoms with van der Waals surface area (Å²) in [6.07, 6.45) is -3.71. The summed E-state index contributed by atoms with van der Waals surface area (Å²) in [5.74, 6) is 1.31. The summed E-state index contributed by atoms with van der Waals surface area (Å²) in [7, 11) is 4.64. The van der Waals surface area contributed by atoms with Crippen molar-refractivity contribution in [3.63, 3.8) is 0 Å². The van der Waals surface area contributed by atoms with Gasteiger partial charge in [-0.15, -0.1) is 0 Å². The molecular weight excluding hydrogens is 323 g/mol. The molecule has 0 bridgehead atoms. The van der Waals surface area contributed by atoms with Crippen molar-refractivity contribution in [1.29, 1.82) is 0 Å². The minimum absolute atomic E-state index is 0.312. The van der Waals surface area contributed by atoms with Crippen LogP contribution in [0, 0.1) is 0 Å². The zero-order valence-corrected chi connectivity index (χ0v) is 13.8. The molecule has 0 atom stereocenters. The molecule has 0 saturated carbocycles. The number of halogens is 3. The van der Waals surface area contributed by atoms with Gasteiger partial charge in [0.2, 0.25) is 0 Å². The first-order valence-electron chi connectivity index (χ1n) is 7.37. The first-order chi connectivity index (χ1) is 11.3. The van der Waals surface area contributed by atoms with E-state index in [9.17, 15) is 13.2 Å². The van der Waals surface area contributed by atoms with Crippen LogP contribution in [0.2, 0.25) is 0 Å². The van der Waals surface area contributed by atoms with E-state index in [0.29, 0.717) is 36.7 Å². The van der Waals surface area contributed by atoms with Crippen molar-refractivity contribution in [3.05, 3.63) is 41.2 Å². The standard InChI is InChI=1S/C16H20F3N3O2/c1-22-12(9-15(21-22)16(17,18)19)10-20-7-6-11-4-5-13(23-2)14(8-11)24-3/h4-5,8-9,20H,6-7,10H2,1-3H3. The second-order valence-corrected chi connectivity index (χ2v) is 5.26. The zero-order chi connectivity index (χ0) is 17.7. The van der Waals surface area contributed by atoms with Gasteiger partial charge in [-0.3, -0.25) is 4.68 Å². The molecule has 2 rings (SSSR count). The molecule has 0 radical (unpaired) electrons. The molecule has 5 nitrogen and oxygen atoms in total. The van der Waals surface area contributed by atoms with Crippen LogP contribution >= 0.6 is 0 Å². The van der Waals surface area contributed by atoms with Gasteiger partial charge < -0.3 is 14.8 Å². The molecule has 0 spiro atoms. The Bertz CT molecular complexity index is 684. The van der Waals surface area contributed by atoms with Crippen molar-refractivity contribution >= 4 is 0 Å². The summed E-state index contributed by atoms with van der Waals surface area (Å²) >= 11 is 0. The third kappa shape index (κ3) is 4.41. The van der Waals surface area contributed by atoms with E-state index in [4.69, 9.17) is 9.47 Å². The van der Waals surface area contributed by atoms with Crippen molar-refractivity contribution < 1.29 is 22.6 Å². The lowest BCUT2D eigenvalue weighted by Crippen LogP contribution is -2.18. The first-order valence-corrected chi connectivity index (χ1v) is 7.37. The molecule has 0 aliphatic carbocycles. The topological polar surface area (TPSA) is 48.3 Å². The molecule has 1 heterocycles. The van der Waals surface area contributed by atoms with Crippen molar-refractivity contribution in [1.82, 2.24) is 15.1 Å². The van der Waals surface area contributed by atoms with Gasteiger partial charge in [0.15, 0.2) is 17.2 Å². The number of hydrogen-bond acceptors (Lipinski definition) is 4. The minimum Gasteiger partial charge on any atom is -0.493 e. The van der Waals surface area contributed by atoms with E-state index in [1.54, 1.807) is 14.2 Å². The van der Waals surface area contributed by atoms with Crippen LogP contribution in [-0.4, -0.2) is 30.5 Å². The molecule has 0 saturated heterocycles. The molecular formula is C16H20F3N3O2. The average Bonchev–Trinajstić information content (AvgIpc) is 2.92. The monoisotopic (exact) mass is 343 g/mol. The molecule has 24 heavy (non-hydrogen) atoms. The third-order valence-electron chi connectivity index (χ3n) is 3.61. The number of benzene rings is 1. The van der Waals surface area contributed by atoms with Crippen molar-refractivity contribution in [2.45, 2.75) is 19.1 Å². The summed E-state index contributed by atoms with van der Waals surface area (Å²) in [4.78, 5) is 0. The number of aryl methyl sites for hydroxylation is 1. The van der Waals surface area contributed by atoms with Gasteiger partial charge in [-0.1, -0.05) is 6.07 Å². The largest absolute Gasteiger partial charge is 0.493 e. The first kappa shape index (κ1) is 18.1. The lowest BCUT2D eigenvalue weighted by Gasteiger charge is -2.10. The third-order valence-corrected chi connectivity index (χ3v) is 3.61. The molecule has 1 aromatic carbocycles. The Balaban J connectivity index is 1.88. The van der Waals surface area contributed by atoms with Gasteiger partial charge >= 0.3 is 6.18 Å². The van der Waals surface area contributed by atoms with Gasteiger partial charge in [-0.2, -0.15) is 18.3 Å². The maximum absolute atomic E-state index is 12.6. The van der Waals surface area contributed by atoms with Gasteiger partial charge in [0, 0.05) is 13.6 Å². The smallest absolute Gasteiger partial charge is 0.435 e. The number of methoxy groups -OCH3 is 2. The van der Waals surface area contributed by atoms with Crippen LogP contribution in [0.1, 0.15) is 17.0 Å². The summed E-state index contributed by atoms with van der Waals surface area (Å²) in [6.45, 7) is 0.925. The maximum atomic E-state index is 12.6. The van der Waals surface area contributed by atoms with Crippen LogP contribution < -0.4 is 14.8 Å². The molecule has 132 valence electrons. The van der Waals surface area contributed by atoms with E-state index in [-0.39, 0.29) is 0 Å². The fraction of sp³-hybridized carbons (Fsp3) is 0.438. The molecule has 2 aromatic rings. The zero-order valence-electron chi connectivity index (χ0n) is 13.8. The molecule has 0 aliphatic heterocycles. The number of nitrogens with zero attached hydrogens (tertiary/aromatic N) is 2. The van der Waals surface area contributed by atoms with Gasteiger partial charge in [0.25, 0.3) is 0 Å². The van der Waals surface area contributed by atoms with E-state index < -0.39 is 11.9 Å². The van der Waals surface area contributed by atoms with E-state index in [1.807, 2.05) is 18.2 Å². The quantitative estimate of drug-likeness (QED) is 0.786. The maximum Gasteiger partial charge on any atom is 0.435 e. The van der Waals surface area contributed by atoms with E-state index >= 15 is 0 Å². The summed E-state index contributed by atoms with van der Waals surface area (Å²) in [6, 6.07) is 6.69. The number of ether oxygens (including phenoxy) is 2. The molecule has 0 amide bonds. The summed E-state index contributed by atoms with van der Waals surface area (Å²) in [5.41, 5.74) is 0.650. The second-order valence-electron chi connectivity index (χ2n) is 5.26. The van der Waals surface area contributed by atoms with Crippen molar-refractivity contribution in [2.75, 3.05) is 20.8 Å². The van der Waals surface area contributed by atoms with Gasteiger partial charge in [0.05, 0.1) is 19.9 Å². The van der Waals surface area contributed by atoms with Crippen LogP contribution in [0.3, 0.4) is 0 Å². The number of alkyl halides is 3. The molecule has 1 N–H and O–H groups in total. The molecule has 0 aliphatic rings. The fourth-order valence-corrected chi connectivity index (χ4v) is 2.30. The van der Waals surface area contributed by atoms with E-state index in [0.717, 1.165) is 11.6 Å². The van der Waals surface area contributed by atoms with Crippen LogP contribution in [0.25, 0.3) is 0 Å². The predicted molar refractivity (Wildman–Crippen MR) is 83.2 cm³/mol. The highest BCUT2D eigenvalue weighted by atomic mass is 19.4. The van der Waals surface area contributed by atoms with E-state index in [1.165, 1.54) is 11.7 Å². The number of rotatable bonds is 7. The number of aromatic nitrogens is 2. The Morgan fingerprint density at radius 2 is 1.83 bits per heavy atom. The van der Waals surface area contributed by atoms with Crippen LogP contribution in [-0.2, 0) is 26.2 Å². The Hall–Kier alpha value is -2.22. The Kier molecular flexibility index (Phi) is 5.71. The lowest BCUT2D eigenvalue weighted by molar-refractivity contribution is -0.141. The average molecular weight is 343 g/mol. The van der Waals surface area contributed by atoms with Crippen molar-refractivity contribution in [2.24, 2.45) is 7.05 Å². The number of nitrogens with one attached hydrogen (secondary N) is 1. The van der Waals surface area contributed by atoms with Crippen LogP contribution in [0.5, 0.6) is 11.5 Å². The molecule has 0 unspecified atom stereocenters. The van der Waals surface area contributed by atoms with Gasteiger partial charge in [-0.25, -0.2) is 0 Å². The molecule has 8 heteroatoms. The fourth-order valence-electron chi connectivity index (χ4n) is 2.30. The molecule has 1 aromatic heterocycles. The second kappa shape index (κ2) is 7.57. The lowest BCUT2D eigenvalue weighted by atomic mass is 10.1. The molecule has 0 fully saturated rings. The SMILES string of the molecule is COc1ccc(CCNCc2cc(C(F)(F)F)nn2C)cc1OC. The van der Waals surface area contributed by atoms with Gasteiger partial charge in [0.1, 0.15) is 0 Å². The summed E-state index contributed by atoms with van der Waals surface area (Å²) in [5, 5.41) is 6.60.